The average molecular weight is 265 g/mol. The number of rotatable bonds is 3. The normalized spacial score (nSPS) is 20.2. The highest BCUT2D eigenvalue weighted by Crippen LogP contribution is 2.16. The Morgan fingerprint density at radius 2 is 2.56 bits per heavy atom. The fourth-order valence-corrected chi connectivity index (χ4v) is 2.90. The van der Waals surface area contributed by atoms with Gasteiger partial charge < -0.3 is 9.84 Å². The third-order valence-corrected chi connectivity index (χ3v) is 3.98. The molecule has 1 fully saturated rings. The fourth-order valence-electron chi connectivity index (χ4n) is 1.95. The van der Waals surface area contributed by atoms with Gasteiger partial charge in [-0.25, -0.2) is 0 Å². The molecule has 0 aliphatic carbocycles. The molecule has 7 heteroatoms. The first-order valence-electron chi connectivity index (χ1n) is 5.94. The van der Waals surface area contributed by atoms with Gasteiger partial charge in [-0.15, -0.1) is 0 Å². The van der Waals surface area contributed by atoms with Gasteiger partial charge in [-0.1, -0.05) is 5.16 Å². The molecular weight excluding hydrogens is 250 g/mol. The Labute approximate surface area is 109 Å². The lowest BCUT2D eigenvalue weighted by Gasteiger charge is -2.21. The molecule has 2 aromatic rings. The van der Waals surface area contributed by atoms with Crippen molar-refractivity contribution in [3.8, 4) is 11.4 Å². The fraction of sp³-hybridized carbons (Fsp3) is 0.545. The summed E-state index contributed by atoms with van der Waals surface area (Å²) in [6.45, 7) is 1.05. The van der Waals surface area contributed by atoms with Crippen LogP contribution in [0.15, 0.2) is 16.9 Å². The topological polar surface area (TPSA) is 68.8 Å². The van der Waals surface area contributed by atoms with E-state index in [1.54, 1.807) is 10.9 Å². The first-order chi connectivity index (χ1) is 8.81. The van der Waals surface area contributed by atoms with Gasteiger partial charge in [-0.2, -0.15) is 21.8 Å². The number of nitrogens with one attached hydrogen (secondary N) is 1. The highest BCUT2D eigenvalue weighted by molar-refractivity contribution is 7.99. The summed E-state index contributed by atoms with van der Waals surface area (Å²) >= 11 is 1.96. The predicted molar refractivity (Wildman–Crippen MR) is 69.3 cm³/mol. The van der Waals surface area contributed by atoms with Gasteiger partial charge in [-0.05, 0) is 0 Å². The van der Waals surface area contributed by atoms with E-state index in [0.717, 1.165) is 24.3 Å². The molecule has 1 N–H and O–H groups in total. The monoisotopic (exact) mass is 265 g/mol. The van der Waals surface area contributed by atoms with Crippen LogP contribution in [0.4, 0.5) is 0 Å². The predicted octanol–water partition coefficient (Wildman–Crippen LogP) is 0.718. The molecule has 18 heavy (non-hydrogen) atoms. The van der Waals surface area contributed by atoms with E-state index in [1.807, 2.05) is 25.0 Å². The lowest BCUT2D eigenvalue weighted by Crippen LogP contribution is -2.38. The zero-order chi connectivity index (χ0) is 12.4. The summed E-state index contributed by atoms with van der Waals surface area (Å²) in [6.07, 6.45) is 4.41. The number of aryl methyl sites for hydroxylation is 1. The summed E-state index contributed by atoms with van der Waals surface area (Å²) in [5.74, 6) is 3.58. The first-order valence-corrected chi connectivity index (χ1v) is 7.09. The number of thioether (sulfide) groups is 1. The second-order valence-corrected chi connectivity index (χ2v) is 5.49. The summed E-state index contributed by atoms with van der Waals surface area (Å²) in [5.41, 5.74) is 0.887. The molecule has 1 unspecified atom stereocenters. The Hall–Kier alpha value is -1.34. The molecule has 0 bridgehead atoms. The molecule has 3 heterocycles. The summed E-state index contributed by atoms with van der Waals surface area (Å²) < 4.78 is 7.01. The average Bonchev–Trinajstić information content (AvgIpc) is 2.99. The van der Waals surface area contributed by atoms with Crippen LogP contribution in [0.1, 0.15) is 5.89 Å². The minimum atomic E-state index is 0.436. The first kappa shape index (κ1) is 11.7. The summed E-state index contributed by atoms with van der Waals surface area (Å²) in [7, 11) is 1.87. The molecule has 3 rings (SSSR count). The van der Waals surface area contributed by atoms with E-state index in [4.69, 9.17) is 4.52 Å². The zero-order valence-corrected chi connectivity index (χ0v) is 11.0. The molecule has 2 aromatic heterocycles. The highest BCUT2D eigenvalue weighted by atomic mass is 32.2. The van der Waals surface area contributed by atoms with E-state index in [0.29, 0.717) is 17.8 Å². The van der Waals surface area contributed by atoms with Crippen LogP contribution in [0.5, 0.6) is 0 Å². The Morgan fingerprint density at radius 3 is 3.28 bits per heavy atom. The van der Waals surface area contributed by atoms with Crippen LogP contribution in [-0.2, 0) is 13.5 Å². The zero-order valence-electron chi connectivity index (χ0n) is 10.2. The van der Waals surface area contributed by atoms with Gasteiger partial charge in [0.05, 0.1) is 11.8 Å². The third-order valence-electron chi connectivity index (χ3n) is 2.85. The van der Waals surface area contributed by atoms with Gasteiger partial charge in [-0.3, -0.25) is 4.68 Å². The molecule has 1 saturated heterocycles. The van der Waals surface area contributed by atoms with Gasteiger partial charge in [0.1, 0.15) is 0 Å². The Kier molecular flexibility index (Phi) is 3.33. The number of hydrogen-bond acceptors (Lipinski definition) is 6. The van der Waals surface area contributed by atoms with E-state index in [2.05, 4.69) is 20.6 Å². The van der Waals surface area contributed by atoms with Crippen molar-refractivity contribution in [2.45, 2.75) is 12.5 Å². The van der Waals surface area contributed by atoms with E-state index in [1.165, 1.54) is 5.75 Å². The van der Waals surface area contributed by atoms with Crippen molar-refractivity contribution in [1.29, 1.82) is 0 Å². The minimum absolute atomic E-state index is 0.436. The van der Waals surface area contributed by atoms with Crippen molar-refractivity contribution >= 4 is 11.8 Å². The Balaban J connectivity index is 1.69. The highest BCUT2D eigenvalue weighted by Gasteiger charge is 2.17. The molecule has 0 spiro atoms. The van der Waals surface area contributed by atoms with Gasteiger partial charge in [0, 0.05) is 43.8 Å². The summed E-state index contributed by atoms with van der Waals surface area (Å²) in [5, 5.41) is 11.5. The van der Waals surface area contributed by atoms with Crippen molar-refractivity contribution in [1.82, 2.24) is 25.2 Å². The SMILES string of the molecule is Cn1cc(-c2noc(CC3CSCCN3)n2)cn1. The molecule has 0 radical (unpaired) electrons. The Morgan fingerprint density at radius 1 is 1.61 bits per heavy atom. The summed E-state index contributed by atoms with van der Waals surface area (Å²) in [6, 6.07) is 0.436. The summed E-state index contributed by atoms with van der Waals surface area (Å²) in [4.78, 5) is 4.41. The molecular formula is C11H15N5OS. The molecule has 0 amide bonds. The Bertz CT molecular complexity index is 517. The number of nitrogens with zero attached hydrogens (tertiary/aromatic N) is 4. The second kappa shape index (κ2) is 5.11. The van der Waals surface area contributed by atoms with Crippen molar-refractivity contribution in [2.75, 3.05) is 18.1 Å². The molecule has 1 aliphatic heterocycles. The maximum Gasteiger partial charge on any atom is 0.228 e. The minimum Gasteiger partial charge on any atom is -0.339 e. The van der Waals surface area contributed by atoms with E-state index in [9.17, 15) is 0 Å². The maximum absolute atomic E-state index is 5.28. The molecule has 0 saturated carbocycles. The van der Waals surface area contributed by atoms with E-state index in [-0.39, 0.29) is 0 Å². The quantitative estimate of drug-likeness (QED) is 0.882. The van der Waals surface area contributed by atoms with Crippen molar-refractivity contribution in [3.63, 3.8) is 0 Å². The van der Waals surface area contributed by atoms with Crippen LogP contribution in [0.3, 0.4) is 0 Å². The van der Waals surface area contributed by atoms with Crippen LogP contribution in [0.25, 0.3) is 11.4 Å². The van der Waals surface area contributed by atoms with Crippen LogP contribution in [0, 0.1) is 0 Å². The van der Waals surface area contributed by atoms with Gasteiger partial charge >= 0.3 is 0 Å². The van der Waals surface area contributed by atoms with Crippen molar-refractivity contribution in [3.05, 3.63) is 18.3 Å². The molecule has 1 aliphatic rings. The van der Waals surface area contributed by atoms with Gasteiger partial charge in [0.2, 0.25) is 11.7 Å². The van der Waals surface area contributed by atoms with Crippen molar-refractivity contribution in [2.24, 2.45) is 7.05 Å². The molecule has 0 aromatic carbocycles. The largest absolute Gasteiger partial charge is 0.339 e. The molecule has 1 atom stereocenters. The third kappa shape index (κ3) is 2.56. The number of aromatic nitrogens is 4. The van der Waals surface area contributed by atoms with E-state index < -0.39 is 0 Å². The molecule has 6 nitrogen and oxygen atoms in total. The molecule has 96 valence electrons. The van der Waals surface area contributed by atoms with Crippen LogP contribution in [0.2, 0.25) is 0 Å². The second-order valence-electron chi connectivity index (χ2n) is 4.34. The maximum atomic E-state index is 5.28. The van der Waals surface area contributed by atoms with Crippen molar-refractivity contribution < 1.29 is 4.52 Å². The standard InChI is InChI=1S/C11H15N5OS/c1-16-6-8(5-13-16)11-14-10(17-15-11)4-9-7-18-3-2-12-9/h5-6,9,12H,2-4,7H2,1H3. The number of hydrogen-bond donors (Lipinski definition) is 1. The van der Waals surface area contributed by atoms with Crippen LogP contribution >= 0.6 is 11.8 Å². The van der Waals surface area contributed by atoms with Crippen LogP contribution < -0.4 is 5.32 Å². The lowest BCUT2D eigenvalue weighted by molar-refractivity contribution is 0.363. The van der Waals surface area contributed by atoms with Gasteiger partial charge in [0.25, 0.3) is 0 Å². The lowest BCUT2D eigenvalue weighted by atomic mass is 10.2. The smallest absolute Gasteiger partial charge is 0.228 e. The van der Waals surface area contributed by atoms with Crippen LogP contribution in [-0.4, -0.2) is 44.0 Å². The van der Waals surface area contributed by atoms with E-state index >= 15 is 0 Å². The van der Waals surface area contributed by atoms with Gasteiger partial charge in [0.15, 0.2) is 0 Å².